The predicted molar refractivity (Wildman–Crippen MR) is 81.2 cm³/mol. The van der Waals surface area contributed by atoms with E-state index in [1.807, 2.05) is 0 Å². The molecule has 0 heterocycles. The summed E-state index contributed by atoms with van der Waals surface area (Å²) >= 11 is 5.75. The molecule has 0 saturated heterocycles. The van der Waals surface area contributed by atoms with Crippen molar-refractivity contribution in [2.75, 3.05) is 7.11 Å². The number of hydrogen-bond donors (Lipinski definition) is 2. The van der Waals surface area contributed by atoms with Gasteiger partial charge in [-0.25, -0.2) is 5.43 Å². The van der Waals surface area contributed by atoms with Gasteiger partial charge >= 0.3 is 0 Å². The monoisotopic (exact) mass is 304 g/mol. The fourth-order valence-electron chi connectivity index (χ4n) is 1.63. The molecule has 0 aromatic heterocycles. The lowest BCUT2D eigenvalue weighted by molar-refractivity contribution is 0.0955. The fourth-order valence-corrected chi connectivity index (χ4v) is 1.76. The Labute approximate surface area is 126 Å². The van der Waals surface area contributed by atoms with Crippen LogP contribution in [0.4, 0.5) is 0 Å². The molecule has 2 aromatic carbocycles. The Hall–Kier alpha value is -2.53. The summed E-state index contributed by atoms with van der Waals surface area (Å²) in [5, 5.41) is 14.2. The van der Waals surface area contributed by atoms with Crippen LogP contribution in [0.3, 0.4) is 0 Å². The summed E-state index contributed by atoms with van der Waals surface area (Å²) in [4.78, 5) is 11.8. The standard InChI is InChI=1S/C15H13ClN2O3/c1-21-13-4-2-3-11(14(13)19)9-17-18-15(20)10-5-7-12(16)8-6-10/h2-9,19H,1H3,(H,18,20)/b17-9+. The molecule has 2 rings (SSSR count). The number of halogens is 1. The summed E-state index contributed by atoms with van der Waals surface area (Å²) in [6, 6.07) is 11.4. The minimum absolute atomic E-state index is 0.0375. The molecule has 2 aromatic rings. The maximum Gasteiger partial charge on any atom is 0.271 e. The Balaban J connectivity index is 2.05. The quantitative estimate of drug-likeness (QED) is 0.674. The summed E-state index contributed by atoms with van der Waals surface area (Å²) in [6.07, 6.45) is 1.34. The number of amides is 1. The molecule has 6 heteroatoms. The number of hydrogen-bond acceptors (Lipinski definition) is 4. The van der Waals surface area contributed by atoms with E-state index in [1.54, 1.807) is 42.5 Å². The molecule has 108 valence electrons. The topological polar surface area (TPSA) is 70.9 Å². The van der Waals surface area contributed by atoms with Crippen LogP contribution in [-0.4, -0.2) is 24.3 Å². The second kappa shape index (κ2) is 6.76. The largest absolute Gasteiger partial charge is 0.504 e. The SMILES string of the molecule is COc1cccc(/C=N/NC(=O)c2ccc(Cl)cc2)c1O. The van der Waals surface area contributed by atoms with Gasteiger partial charge in [0.25, 0.3) is 5.91 Å². The molecule has 1 amide bonds. The predicted octanol–water partition coefficient (Wildman–Crippen LogP) is 2.82. The molecule has 5 nitrogen and oxygen atoms in total. The van der Waals surface area contributed by atoms with E-state index >= 15 is 0 Å². The van der Waals surface area contributed by atoms with Crippen molar-refractivity contribution in [3.63, 3.8) is 0 Å². The highest BCUT2D eigenvalue weighted by molar-refractivity contribution is 6.30. The average Bonchev–Trinajstić information content (AvgIpc) is 2.49. The number of nitrogens with one attached hydrogen (secondary N) is 1. The Kier molecular flexibility index (Phi) is 4.79. The molecule has 0 bridgehead atoms. The molecule has 21 heavy (non-hydrogen) atoms. The van der Waals surface area contributed by atoms with Crippen molar-refractivity contribution in [3.05, 3.63) is 58.6 Å². The Morgan fingerprint density at radius 2 is 2.00 bits per heavy atom. The molecule has 0 unspecified atom stereocenters. The number of aromatic hydroxyl groups is 1. The number of rotatable bonds is 4. The van der Waals surface area contributed by atoms with Crippen LogP contribution in [0.2, 0.25) is 5.02 Å². The summed E-state index contributed by atoms with van der Waals surface area (Å²) in [5.74, 6) is -0.0715. The average molecular weight is 305 g/mol. The number of phenols is 1. The van der Waals surface area contributed by atoms with Gasteiger partial charge in [-0.15, -0.1) is 0 Å². The highest BCUT2D eigenvalue weighted by atomic mass is 35.5. The second-order valence-electron chi connectivity index (χ2n) is 4.10. The van der Waals surface area contributed by atoms with Crippen molar-refractivity contribution >= 4 is 23.7 Å². The number of benzene rings is 2. The van der Waals surface area contributed by atoms with Crippen molar-refractivity contribution in [1.82, 2.24) is 5.43 Å². The third kappa shape index (κ3) is 3.73. The highest BCUT2D eigenvalue weighted by Gasteiger charge is 2.06. The zero-order valence-corrected chi connectivity index (χ0v) is 12.0. The second-order valence-corrected chi connectivity index (χ2v) is 4.54. The zero-order valence-electron chi connectivity index (χ0n) is 11.2. The number of methoxy groups -OCH3 is 1. The number of para-hydroxylation sites is 1. The molecular formula is C15H13ClN2O3. The van der Waals surface area contributed by atoms with E-state index in [2.05, 4.69) is 10.5 Å². The van der Waals surface area contributed by atoms with E-state index in [4.69, 9.17) is 16.3 Å². The maximum atomic E-state index is 11.8. The summed E-state index contributed by atoms with van der Waals surface area (Å²) in [5.41, 5.74) is 3.24. The molecule has 0 aliphatic heterocycles. The lowest BCUT2D eigenvalue weighted by Gasteiger charge is -2.05. The van der Waals surface area contributed by atoms with Crippen molar-refractivity contribution in [2.24, 2.45) is 5.10 Å². The van der Waals surface area contributed by atoms with Gasteiger partial charge in [0.1, 0.15) is 0 Å². The van der Waals surface area contributed by atoms with Crippen LogP contribution in [0.5, 0.6) is 11.5 Å². The summed E-state index contributed by atoms with van der Waals surface area (Å²) in [7, 11) is 1.46. The molecule has 0 fully saturated rings. The molecular weight excluding hydrogens is 292 g/mol. The Morgan fingerprint density at radius 3 is 2.67 bits per heavy atom. The highest BCUT2D eigenvalue weighted by Crippen LogP contribution is 2.27. The normalized spacial score (nSPS) is 10.6. The molecule has 0 aliphatic carbocycles. The van der Waals surface area contributed by atoms with Crippen molar-refractivity contribution in [2.45, 2.75) is 0 Å². The molecule has 0 aliphatic rings. The third-order valence-corrected chi connectivity index (χ3v) is 2.98. The van der Waals surface area contributed by atoms with Crippen LogP contribution < -0.4 is 10.2 Å². The smallest absolute Gasteiger partial charge is 0.271 e. The molecule has 0 radical (unpaired) electrons. The number of phenolic OH excluding ortho intramolecular Hbond substituents is 1. The molecule has 0 atom stereocenters. The molecule has 2 N–H and O–H groups in total. The minimum Gasteiger partial charge on any atom is -0.504 e. The molecule has 0 saturated carbocycles. The van der Waals surface area contributed by atoms with Crippen molar-refractivity contribution in [3.8, 4) is 11.5 Å². The summed E-state index contributed by atoms with van der Waals surface area (Å²) in [6.45, 7) is 0. The van der Waals surface area contributed by atoms with Crippen LogP contribution in [-0.2, 0) is 0 Å². The van der Waals surface area contributed by atoms with Crippen LogP contribution in [0, 0.1) is 0 Å². The van der Waals surface area contributed by atoms with Gasteiger partial charge in [0.15, 0.2) is 11.5 Å². The number of ether oxygens (including phenoxy) is 1. The first kappa shape index (κ1) is 14.9. The van der Waals surface area contributed by atoms with E-state index < -0.39 is 0 Å². The van der Waals surface area contributed by atoms with Gasteiger partial charge in [0.05, 0.1) is 13.3 Å². The number of nitrogens with zero attached hydrogens (tertiary/aromatic N) is 1. The van der Waals surface area contributed by atoms with E-state index in [1.165, 1.54) is 13.3 Å². The van der Waals surface area contributed by atoms with Gasteiger partial charge in [-0.3, -0.25) is 4.79 Å². The van der Waals surface area contributed by atoms with Crippen molar-refractivity contribution < 1.29 is 14.6 Å². The van der Waals surface area contributed by atoms with Gasteiger partial charge in [-0.2, -0.15) is 5.10 Å². The minimum atomic E-state index is -0.370. The Bertz CT molecular complexity index is 669. The van der Waals surface area contributed by atoms with Crippen LogP contribution >= 0.6 is 11.6 Å². The van der Waals surface area contributed by atoms with E-state index in [0.29, 0.717) is 21.9 Å². The zero-order chi connectivity index (χ0) is 15.2. The van der Waals surface area contributed by atoms with Crippen LogP contribution in [0.1, 0.15) is 15.9 Å². The number of carbonyl (C=O) groups is 1. The maximum absolute atomic E-state index is 11.8. The van der Waals surface area contributed by atoms with E-state index in [-0.39, 0.29) is 11.7 Å². The molecule has 0 spiro atoms. The van der Waals surface area contributed by atoms with E-state index in [9.17, 15) is 9.90 Å². The van der Waals surface area contributed by atoms with Gasteiger partial charge < -0.3 is 9.84 Å². The van der Waals surface area contributed by atoms with E-state index in [0.717, 1.165) is 0 Å². The van der Waals surface area contributed by atoms with Gasteiger partial charge in [0, 0.05) is 16.1 Å². The van der Waals surface area contributed by atoms with Gasteiger partial charge in [-0.05, 0) is 36.4 Å². The first-order valence-electron chi connectivity index (χ1n) is 6.06. The summed E-state index contributed by atoms with van der Waals surface area (Å²) < 4.78 is 4.98. The fraction of sp³-hybridized carbons (Fsp3) is 0.0667. The number of hydrazone groups is 1. The Morgan fingerprint density at radius 1 is 1.29 bits per heavy atom. The van der Waals surface area contributed by atoms with Gasteiger partial charge in [0.2, 0.25) is 0 Å². The van der Waals surface area contributed by atoms with Gasteiger partial charge in [-0.1, -0.05) is 17.7 Å². The lowest BCUT2D eigenvalue weighted by atomic mass is 10.2. The first-order chi connectivity index (χ1) is 10.1. The van der Waals surface area contributed by atoms with Crippen LogP contribution in [0.25, 0.3) is 0 Å². The van der Waals surface area contributed by atoms with Crippen molar-refractivity contribution in [1.29, 1.82) is 0 Å². The first-order valence-corrected chi connectivity index (χ1v) is 6.44. The number of carbonyl (C=O) groups excluding carboxylic acids is 1. The third-order valence-electron chi connectivity index (χ3n) is 2.73. The van der Waals surface area contributed by atoms with Crippen LogP contribution in [0.15, 0.2) is 47.6 Å². The lowest BCUT2D eigenvalue weighted by Crippen LogP contribution is -2.17.